The Morgan fingerprint density at radius 1 is 1.19 bits per heavy atom. The topological polar surface area (TPSA) is 33.1 Å². The highest BCUT2D eigenvalue weighted by molar-refractivity contribution is 5.34. The predicted octanol–water partition coefficient (Wildman–Crippen LogP) is 2.55. The van der Waals surface area contributed by atoms with E-state index in [1.807, 2.05) is 17.1 Å². The first-order chi connectivity index (χ1) is 10.1. The van der Waals surface area contributed by atoms with Gasteiger partial charge in [0.05, 0.1) is 6.33 Å². The van der Waals surface area contributed by atoms with Crippen LogP contribution in [0.25, 0.3) is 5.69 Å². The van der Waals surface area contributed by atoms with E-state index in [0.717, 1.165) is 18.8 Å². The Balaban J connectivity index is 1.93. The largest absolute Gasteiger partial charge is 0.308 e. The molecule has 1 aromatic carbocycles. The van der Waals surface area contributed by atoms with Crippen LogP contribution >= 0.6 is 0 Å². The zero-order chi connectivity index (χ0) is 15.2. The Morgan fingerprint density at radius 3 is 2.43 bits per heavy atom. The Hall–Kier alpha value is -1.65. The first-order valence-electron chi connectivity index (χ1n) is 7.51. The number of imidazole rings is 1. The average Bonchev–Trinajstić information content (AvgIpc) is 2.97. The Kier molecular flexibility index (Phi) is 5.53. The molecule has 1 heterocycles. The summed E-state index contributed by atoms with van der Waals surface area (Å²) in [5.74, 6) is 0.623. The van der Waals surface area contributed by atoms with Crippen molar-refractivity contribution in [3.05, 3.63) is 48.5 Å². The first kappa shape index (κ1) is 15.7. The summed E-state index contributed by atoms with van der Waals surface area (Å²) in [4.78, 5) is 6.31. The second-order valence-corrected chi connectivity index (χ2v) is 6.13. The van der Waals surface area contributed by atoms with E-state index in [-0.39, 0.29) is 0 Å². The maximum Gasteiger partial charge on any atom is 0.0991 e. The van der Waals surface area contributed by atoms with Crippen LogP contribution in [0.2, 0.25) is 0 Å². The van der Waals surface area contributed by atoms with Gasteiger partial charge in [0.2, 0.25) is 0 Å². The number of benzene rings is 1. The zero-order valence-electron chi connectivity index (χ0n) is 13.5. The first-order valence-corrected chi connectivity index (χ1v) is 7.51. The number of hydrogen-bond acceptors (Lipinski definition) is 3. The highest BCUT2D eigenvalue weighted by Crippen LogP contribution is 2.10. The highest BCUT2D eigenvalue weighted by Gasteiger charge is 2.13. The van der Waals surface area contributed by atoms with E-state index >= 15 is 0 Å². The average molecular weight is 286 g/mol. The normalized spacial score (nSPS) is 13.0. The van der Waals surface area contributed by atoms with E-state index in [2.05, 4.69) is 67.4 Å². The van der Waals surface area contributed by atoms with Crippen LogP contribution < -0.4 is 5.32 Å². The van der Waals surface area contributed by atoms with Crippen LogP contribution in [-0.4, -0.2) is 41.1 Å². The molecule has 4 heteroatoms. The molecular weight excluding hydrogens is 260 g/mol. The van der Waals surface area contributed by atoms with Crippen LogP contribution in [0.1, 0.15) is 19.4 Å². The van der Waals surface area contributed by atoms with Crippen LogP contribution in [-0.2, 0) is 6.54 Å². The van der Waals surface area contributed by atoms with E-state index in [1.165, 1.54) is 5.56 Å². The van der Waals surface area contributed by atoms with Crippen molar-refractivity contribution < 1.29 is 0 Å². The molecular formula is C17H26N4. The van der Waals surface area contributed by atoms with Gasteiger partial charge in [-0.2, -0.15) is 0 Å². The van der Waals surface area contributed by atoms with Gasteiger partial charge in [-0.25, -0.2) is 4.98 Å². The lowest BCUT2D eigenvalue weighted by molar-refractivity contribution is 0.288. The summed E-state index contributed by atoms with van der Waals surface area (Å²) in [6.45, 7) is 6.50. The van der Waals surface area contributed by atoms with Crippen LogP contribution in [0.5, 0.6) is 0 Å². The summed E-state index contributed by atoms with van der Waals surface area (Å²) in [6, 6.07) is 9.13. The molecule has 0 fully saturated rings. The standard InChI is InChI=1S/C17H26N4/c1-14(2)17(12-20(3)4)19-11-15-5-7-16(8-6-15)21-10-9-18-13-21/h5-10,13-14,17,19H,11-12H2,1-4H3. The van der Waals surface area contributed by atoms with Crippen LogP contribution in [0, 0.1) is 5.92 Å². The van der Waals surface area contributed by atoms with Crippen LogP contribution in [0.3, 0.4) is 0 Å². The minimum absolute atomic E-state index is 0.508. The van der Waals surface area contributed by atoms with Gasteiger partial charge in [0, 0.05) is 37.2 Å². The minimum Gasteiger partial charge on any atom is -0.308 e. The summed E-state index contributed by atoms with van der Waals surface area (Å²) in [5, 5.41) is 3.66. The lowest BCUT2D eigenvalue weighted by Crippen LogP contribution is -2.41. The minimum atomic E-state index is 0.508. The smallest absolute Gasteiger partial charge is 0.0991 e. The van der Waals surface area contributed by atoms with Crippen molar-refractivity contribution in [2.75, 3.05) is 20.6 Å². The molecule has 0 radical (unpaired) electrons. The highest BCUT2D eigenvalue weighted by atomic mass is 15.1. The molecule has 1 N–H and O–H groups in total. The molecule has 0 saturated heterocycles. The van der Waals surface area contributed by atoms with Gasteiger partial charge in [0.15, 0.2) is 0 Å². The molecule has 0 bridgehead atoms. The molecule has 4 nitrogen and oxygen atoms in total. The second kappa shape index (κ2) is 7.38. The summed E-state index contributed by atoms with van der Waals surface area (Å²) in [5.41, 5.74) is 2.45. The van der Waals surface area contributed by atoms with Crippen molar-refractivity contribution in [3.8, 4) is 5.69 Å². The van der Waals surface area contributed by atoms with Gasteiger partial charge in [-0.05, 0) is 37.7 Å². The quantitative estimate of drug-likeness (QED) is 0.849. The number of nitrogens with zero attached hydrogens (tertiary/aromatic N) is 3. The van der Waals surface area contributed by atoms with Crippen LogP contribution in [0.15, 0.2) is 43.0 Å². The van der Waals surface area contributed by atoms with E-state index < -0.39 is 0 Å². The van der Waals surface area contributed by atoms with Gasteiger partial charge in [-0.3, -0.25) is 0 Å². The van der Waals surface area contributed by atoms with E-state index in [4.69, 9.17) is 0 Å². The van der Waals surface area contributed by atoms with E-state index in [9.17, 15) is 0 Å². The Morgan fingerprint density at radius 2 is 1.90 bits per heavy atom. The number of aromatic nitrogens is 2. The van der Waals surface area contributed by atoms with Gasteiger partial charge in [0.1, 0.15) is 0 Å². The fraction of sp³-hybridized carbons (Fsp3) is 0.471. The van der Waals surface area contributed by atoms with Gasteiger partial charge < -0.3 is 14.8 Å². The fourth-order valence-corrected chi connectivity index (χ4v) is 2.35. The molecule has 2 rings (SSSR count). The Labute approximate surface area is 127 Å². The lowest BCUT2D eigenvalue weighted by Gasteiger charge is -2.25. The monoisotopic (exact) mass is 286 g/mol. The van der Waals surface area contributed by atoms with Crippen LogP contribution in [0.4, 0.5) is 0 Å². The van der Waals surface area contributed by atoms with E-state index in [1.54, 1.807) is 6.20 Å². The number of hydrogen-bond donors (Lipinski definition) is 1. The maximum absolute atomic E-state index is 4.07. The molecule has 1 aromatic heterocycles. The Bertz CT molecular complexity index is 514. The molecule has 21 heavy (non-hydrogen) atoms. The number of nitrogens with one attached hydrogen (secondary N) is 1. The summed E-state index contributed by atoms with van der Waals surface area (Å²) < 4.78 is 2.01. The van der Waals surface area contributed by atoms with Crippen molar-refractivity contribution in [2.45, 2.75) is 26.4 Å². The van der Waals surface area contributed by atoms with Crippen molar-refractivity contribution in [2.24, 2.45) is 5.92 Å². The lowest BCUT2D eigenvalue weighted by atomic mass is 10.0. The van der Waals surface area contributed by atoms with Gasteiger partial charge in [-0.15, -0.1) is 0 Å². The molecule has 1 atom stereocenters. The second-order valence-electron chi connectivity index (χ2n) is 6.13. The fourth-order valence-electron chi connectivity index (χ4n) is 2.35. The molecule has 0 aliphatic heterocycles. The summed E-state index contributed by atoms with van der Waals surface area (Å²) >= 11 is 0. The van der Waals surface area contributed by atoms with Crippen molar-refractivity contribution in [3.63, 3.8) is 0 Å². The molecule has 0 aliphatic carbocycles. The van der Waals surface area contributed by atoms with Crippen molar-refractivity contribution >= 4 is 0 Å². The molecule has 0 spiro atoms. The predicted molar refractivity (Wildman–Crippen MR) is 87.6 cm³/mol. The molecule has 0 aliphatic rings. The third kappa shape index (κ3) is 4.69. The number of rotatable bonds is 7. The molecule has 2 aromatic rings. The zero-order valence-corrected chi connectivity index (χ0v) is 13.5. The van der Waals surface area contributed by atoms with E-state index in [0.29, 0.717) is 12.0 Å². The number of likely N-dealkylation sites (N-methyl/N-ethyl adjacent to an activating group) is 1. The molecule has 1 unspecified atom stereocenters. The third-order valence-electron chi connectivity index (χ3n) is 3.67. The molecule has 114 valence electrons. The van der Waals surface area contributed by atoms with Gasteiger partial charge >= 0.3 is 0 Å². The summed E-state index contributed by atoms with van der Waals surface area (Å²) in [6.07, 6.45) is 5.57. The van der Waals surface area contributed by atoms with Gasteiger partial charge in [-0.1, -0.05) is 26.0 Å². The maximum atomic E-state index is 4.07. The molecule has 0 amide bonds. The van der Waals surface area contributed by atoms with Crippen molar-refractivity contribution in [1.29, 1.82) is 0 Å². The SMILES string of the molecule is CC(C)C(CN(C)C)NCc1ccc(-n2ccnc2)cc1. The third-order valence-corrected chi connectivity index (χ3v) is 3.67. The summed E-state index contributed by atoms with van der Waals surface area (Å²) in [7, 11) is 4.24. The molecule has 0 saturated carbocycles. The van der Waals surface area contributed by atoms with Gasteiger partial charge in [0.25, 0.3) is 0 Å². The van der Waals surface area contributed by atoms with Crippen molar-refractivity contribution in [1.82, 2.24) is 19.8 Å².